The topological polar surface area (TPSA) is 87.5 Å². The molecule has 0 unspecified atom stereocenters. The SMILES string of the molecule is Cl.Nc1cc(S(=O)(=O)Nc2ccc(Cl)cc2Cl)ccc1N1CCCNCC1. The molecule has 0 saturated carbocycles. The zero-order valence-corrected chi connectivity index (χ0v) is 17.6. The lowest BCUT2D eigenvalue weighted by Crippen LogP contribution is -2.28. The van der Waals surface area contributed by atoms with Crippen molar-refractivity contribution in [3.8, 4) is 0 Å². The molecule has 1 aliphatic rings. The van der Waals surface area contributed by atoms with Gasteiger partial charge in [-0.15, -0.1) is 12.4 Å². The quantitative estimate of drug-likeness (QED) is 0.618. The highest BCUT2D eigenvalue weighted by atomic mass is 35.5. The summed E-state index contributed by atoms with van der Waals surface area (Å²) in [7, 11) is -3.81. The zero-order chi connectivity index (χ0) is 18.7. The molecule has 1 aliphatic heterocycles. The van der Waals surface area contributed by atoms with Gasteiger partial charge in [0.15, 0.2) is 0 Å². The van der Waals surface area contributed by atoms with Gasteiger partial charge in [0, 0.05) is 24.7 Å². The summed E-state index contributed by atoms with van der Waals surface area (Å²) >= 11 is 11.9. The standard InChI is InChI=1S/C17H20Cl2N4O2S.ClH/c18-12-2-4-16(14(19)10-12)22-26(24,25)13-3-5-17(15(20)11-13)23-8-1-6-21-7-9-23;/h2-5,10-11,21-22H,1,6-9,20H2;1H. The molecular formula is C17H21Cl3N4O2S. The number of anilines is 3. The normalized spacial score (nSPS) is 15.0. The van der Waals surface area contributed by atoms with Crippen LogP contribution in [0.15, 0.2) is 41.3 Å². The van der Waals surface area contributed by atoms with E-state index in [1.165, 1.54) is 18.2 Å². The van der Waals surface area contributed by atoms with Gasteiger partial charge < -0.3 is 16.0 Å². The first-order valence-corrected chi connectivity index (χ1v) is 10.4. The zero-order valence-electron chi connectivity index (χ0n) is 14.4. The van der Waals surface area contributed by atoms with Crippen LogP contribution in [0.5, 0.6) is 0 Å². The fraction of sp³-hybridized carbons (Fsp3) is 0.294. The summed E-state index contributed by atoms with van der Waals surface area (Å²) in [6.45, 7) is 3.54. The molecular weight excluding hydrogens is 431 g/mol. The Balaban J connectivity index is 0.00000261. The second-order valence-electron chi connectivity index (χ2n) is 6.04. The summed E-state index contributed by atoms with van der Waals surface area (Å²) < 4.78 is 27.8. The summed E-state index contributed by atoms with van der Waals surface area (Å²) in [5, 5.41) is 3.98. The molecule has 2 aromatic rings. The molecule has 10 heteroatoms. The van der Waals surface area contributed by atoms with Gasteiger partial charge in [0.2, 0.25) is 0 Å². The van der Waals surface area contributed by atoms with Crippen molar-refractivity contribution in [1.82, 2.24) is 5.32 Å². The Bertz CT molecular complexity index is 901. The maximum Gasteiger partial charge on any atom is 0.262 e. The molecule has 1 heterocycles. The van der Waals surface area contributed by atoms with E-state index in [0.29, 0.717) is 10.7 Å². The molecule has 1 saturated heterocycles. The van der Waals surface area contributed by atoms with E-state index in [0.717, 1.165) is 38.3 Å². The average molecular weight is 452 g/mol. The van der Waals surface area contributed by atoms with Gasteiger partial charge in [-0.2, -0.15) is 0 Å². The van der Waals surface area contributed by atoms with Crippen molar-refractivity contribution in [2.45, 2.75) is 11.3 Å². The fourth-order valence-electron chi connectivity index (χ4n) is 2.85. The van der Waals surface area contributed by atoms with Crippen LogP contribution in [0.4, 0.5) is 17.1 Å². The highest BCUT2D eigenvalue weighted by Crippen LogP contribution is 2.30. The Morgan fingerprint density at radius 2 is 1.85 bits per heavy atom. The van der Waals surface area contributed by atoms with E-state index in [4.69, 9.17) is 28.9 Å². The molecule has 0 radical (unpaired) electrons. The predicted molar refractivity (Wildman–Crippen MR) is 115 cm³/mol. The Labute approximate surface area is 175 Å². The Hall–Kier alpha value is -1.38. The van der Waals surface area contributed by atoms with Crippen molar-refractivity contribution < 1.29 is 8.42 Å². The van der Waals surface area contributed by atoms with Crippen LogP contribution in [0.25, 0.3) is 0 Å². The number of benzene rings is 2. The number of hydrogen-bond acceptors (Lipinski definition) is 5. The lowest BCUT2D eigenvalue weighted by Gasteiger charge is -2.24. The number of nitrogen functional groups attached to an aromatic ring is 1. The van der Waals surface area contributed by atoms with Gasteiger partial charge in [0.1, 0.15) is 0 Å². The molecule has 6 nitrogen and oxygen atoms in total. The van der Waals surface area contributed by atoms with Crippen molar-refractivity contribution in [3.05, 3.63) is 46.4 Å². The van der Waals surface area contributed by atoms with Gasteiger partial charge in [-0.25, -0.2) is 8.42 Å². The van der Waals surface area contributed by atoms with E-state index in [1.54, 1.807) is 18.2 Å². The van der Waals surface area contributed by atoms with Crippen LogP contribution in [0.1, 0.15) is 6.42 Å². The van der Waals surface area contributed by atoms with Gasteiger partial charge in [-0.3, -0.25) is 4.72 Å². The largest absolute Gasteiger partial charge is 0.397 e. The molecule has 0 aromatic heterocycles. The number of hydrogen-bond donors (Lipinski definition) is 3. The summed E-state index contributed by atoms with van der Waals surface area (Å²) in [5.41, 5.74) is 7.68. The van der Waals surface area contributed by atoms with Crippen molar-refractivity contribution >= 4 is 62.7 Å². The lowest BCUT2D eigenvalue weighted by molar-refractivity contribution is 0.601. The second-order valence-corrected chi connectivity index (χ2v) is 8.57. The highest BCUT2D eigenvalue weighted by molar-refractivity contribution is 7.92. The molecule has 0 bridgehead atoms. The Morgan fingerprint density at radius 1 is 1.07 bits per heavy atom. The summed E-state index contributed by atoms with van der Waals surface area (Å²) in [5.74, 6) is 0. The van der Waals surface area contributed by atoms with Crippen LogP contribution in [0.3, 0.4) is 0 Å². The smallest absolute Gasteiger partial charge is 0.262 e. The predicted octanol–water partition coefficient (Wildman–Crippen LogP) is 3.60. The lowest BCUT2D eigenvalue weighted by atomic mass is 10.2. The van der Waals surface area contributed by atoms with Gasteiger partial charge in [0.25, 0.3) is 10.0 Å². The molecule has 4 N–H and O–H groups in total. The molecule has 27 heavy (non-hydrogen) atoms. The molecule has 0 aliphatic carbocycles. The first-order valence-electron chi connectivity index (χ1n) is 8.20. The van der Waals surface area contributed by atoms with Crippen LogP contribution < -0.4 is 20.7 Å². The minimum atomic E-state index is -3.81. The molecule has 148 valence electrons. The van der Waals surface area contributed by atoms with Crippen molar-refractivity contribution in [1.29, 1.82) is 0 Å². The third-order valence-electron chi connectivity index (χ3n) is 4.17. The fourth-order valence-corrected chi connectivity index (χ4v) is 4.48. The number of sulfonamides is 1. The van der Waals surface area contributed by atoms with E-state index in [-0.39, 0.29) is 28.0 Å². The number of nitrogens with two attached hydrogens (primary N) is 1. The summed E-state index contributed by atoms with van der Waals surface area (Å²) in [6.07, 6.45) is 1.01. The van der Waals surface area contributed by atoms with E-state index >= 15 is 0 Å². The monoisotopic (exact) mass is 450 g/mol. The number of rotatable bonds is 4. The number of nitrogens with zero attached hydrogens (tertiary/aromatic N) is 1. The third-order valence-corrected chi connectivity index (χ3v) is 6.08. The third kappa shape index (κ3) is 5.33. The van der Waals surface area contributed by atoms with E-state index in [1.807, 2.05) is 0 Å². The average Bonchev–Trinajstić information content (AvgIpc) is 2.86. The van der Waals surface area contributed by atoms with Crippen molar-refractivity contribution in [2.24, 2.45) is 0 Å². The Morgan fingerprint density at radius 3 is 2.56 bits per heavy atom. The first-order chi connectivity index (χ1) is 12.4. The maximum atomic E-state index is 12.7. The molecule has 0 atom stereocenters. The van der Waals surface area contributed by atoms with Crippen molar-refractivity contribution in [2.75, 3.05) is 41.5 Å². The van der Waals surface area contributed by atoms with Crippen molar-refractivity contribution in [3.63, 3.8) is 0 Å². The van der Waals surface area contributed by atoms with Crippen LogP contribution in [-0.2, 0) is 10.0 Å². The minimum Gasteiger partial charge on any atom is -0.397 e. The van der Waals surface area contributed by atoms with Crippen LogP contribution in [0.2, 0.25) is 10.0 Å². The second kappa shape index (κ2) is 9.21. The first kappa shape index (κ1) is 21.9. The Kier molecular flexibility index (Phi) is 7.47. The molecule has 1 fully saturated rings. The molecule has 0 amide bonds. The van der Waals surface area contributed by atoms with Crippen LogP contribution in [-0.4, -0.2) is 34.6 Å². The number of nitrogens with one attached hydrogen (secondary N) is 2. The maximum absolute atomic E-state index is 12.7. The molecule has 2 aromatic carbocycles. The highest BCUT2D eigenvalue weighted by Gasteiger charge is 2.19. The van der Waals surface area contributed by atoms with Gasteiger partial charge in [0.05, 0.1) is 27.0 Å². The van der Waals surface area contributed by atoms with Gasteiger partial charge in [-0.05, 0) is 49.4 Å². The number of halogens is 3. The van der Waals surface area contributed by atoms with E-state index in [2.05, 4.69) is 14.9 Å². The molecule has 0 spiro atoms. The van der Waals surface area contributed by atoms with E-state index in [9.17, 15) is 8.42 Å². The van der Waals surface area contributed by atoms with Crippen LogP contribution in [0, 0.1) is 0 Å². The van der Waals surface area contributed by atoms with E-state index < -0.39 is 10.0 Å². The summed E-state index contributed by atoms with van der Waals surface area (Å²) in [4.78, 5) is 2.24. The van der Waals surface area contributed by atoms with Crippen LogP contribution >= 0.6 is 35.6 Å². The van der Waals surface area contributed by atoms with Gasteiger partial charge in [-0.1, -0.05) is 23.2 Å². The summed E-state index contributed by atoms with van der Waals surface area (Å²) in [6, 6.07) is 9.33. The minimum absolute atomic E-state index is 0. The van der Waals surface area contributed by atoms with Gasteiger partial charge >= 0.3 is 0 Å². The molecule has 3 rings (SSSR count).